The zero-order valence-electron chi connectivity index (χ0n) is 18.8. The quantitative estimate of drug-likeness (QED) is 0.444. The van der Waals surface area contributed by atoms with Gasteiger partial charge in [0.25, 0.3) is 0 Å². The number of carbonyl (C=O) groups is 2. The van der Waals surface area contributed by atoms with Gasteiger partial charge >= 0.3 is 0 Å². The Morgan fingerprint density at radius 1 is 1.09 bits per heavy atom. The van der Waals surface area contributed by atoms with Crippen LogP contribution in [0.1, 0.15) is 31.4 Å². The summed E-state index contributed by atoms with van der Waals surface area (Å²) >= 11 is 2.13. The van der Waals surface area contributed by atoms with Crippen molar-refractivity contribution in [2.24, 2.45) is 0 Å². The number of halogens is 1. The number of carbonyl (C=O) groups excluding carboxylic acids is 2. The van der Waals surface area contributed by atoms with Crippen molar-refractivity contribution in [3.63, 3.8) is 0 Å². The number of benzene rings is 2. The lowest BCUT2D eigenvalue weighted by Gasteiger charge is -2.31. The van der Waals surface area contributed by atoms with Crippen LogP contribution < -0.4 is 9.62 Å². The first-order valence-electron chi connectivity index (χ1n) is 10.4. The molecular weight excluding hydrogens is 541 g/mol. The number of rotatable bonds is 10. The second-order valence-electron chi connectivity index (χ2n) is 7.66. The molecule has 0 fully saturated rings. The highest BCUT2D eigenvalue weighted by atomic mass is 127. The van der Waals surface area contributed by atoms with Gasteiger partial charge in [0, 0.05) is 16.7 Å². The van der Waals surface area contributed by atoms with Gasteiger partial charge in [0.1, 0.15) is 12.6 Å². The van der Waals surface area contributed by atoms with Crippen molar-refractivity contribution in [2.45, 2.75) is 39.8 Å². The summed E-state index contributed by atoms with van der Waals surface area (Å²) in [5.41, 5.74) is 2.29. The Labute approximate surface area is 204 Å². The van der Waals surface area contributed by atoms with Gasteiger partial charge in [-0.3, -0.25) is 13.9 Å². The van der Waals surface area contributed by atoms with E-state index in [0.717, 1.165) is 31.7 Å². The minimum atomic E-state index is -3.72. The molecule has 0 aliphatic carbocycles. The van der Waals surface area contributed by atoms with Gasteiger partial charge in [0.15, 0.2) is 0 Å². The minimum absolute atomic E-state index is 0.205. The van der Waals surface area contributed by atoms with Crippen molar-refractivity contribution in [1.82, 2.24) is 10.2 Å². The summed E-state index contributed by atoms with van der Waals surface area (Å²) in [5, 5.41) is 2.82. The van der Waals surface area contributed by atoms with Crippen molar-refractivity contribution in [3.8, 4) is 0 Å². The minimum Gasteiger partial charge on any atom is -0.354 e. The summed E-state index contributed by atoms with van der Waals surface area (Å²) in [4.78, 5) is 27.5. The normalized spacial score (nSPS) is 12.2. The maximum atomic E-state index is 13.4. The fourth-order valence-electron chi connectivity index (χ4n) is 3.17. The maximum Gasteiger partial charge on any atom is 0.244 e. The van der Waals surface area contributed by atoms with Gasteiger partial charge in [0.2, 0.25) is 21.8 Å². The molecule has 32 heavy (non-hydrogen) atoms. The molecule has 0 bridgehead atoms. The maximum absolute atomic E-state index is 13.4. The molecule has 0 unspecified atom stereocenters. The number of hydrogen-bond acceptors (Lipinski definition) is 4. The van der Waals surface area contributed by atoms with Gasteiger partial charge in [0.05, 0.1) is 11.9 Å². The molecule has 2 aromatic rings. The van der Waals surface area contributed by atoms with Crippen LogP contribution >= 0.6 is 22.6 Å². The van der Waals surface area contributed by atoms with Crippen molar-refractivity contribution in [3.05, 3.63) is 63.2 Å². The molecule has 1 N–H and O–H groups in total. The van der Waals surface area contributed by atoms with Crippen LogP contribution in [0.2, 0.25) is 0 Å². The monoisotopic (exact) mass is 571 g/mol. The number of nitrogens with one attached hydrogen (secondary N) is 1. The highest BCUT2D eigenvalue weighted by Gasteiger charge is 2.30. The fourth-order valence-corrected chi connectivity index (χ4v) is 4.38. The van der Waals surface area contributed by atoms with Gasteiger partial charge in [-0.15, -0.1) is 0 Å². The second-order valence-corrected chi connectivity index (χ2v) is 10.8. The van der Waals surface area contributed by atoms with Gasteiger partial charge < -0.3 is 10.2 Å². The van der Waals surface area contributed by atoms with Gasteiger partial charge in [-0.2, -0.15) is 0 Å². The molecule has 0 saturated carbocycles. The van der Waals surface area contributed by atoms with E-state index in [1.165, 1.54) is 4.90 Å². The number of amides is 2. The summed E-state index contributed by atoms with van der Waals surface area (Å²) < 4.78 is 27.0. The molecule has 1 atom stereocenters. The highest BCUT2D eigenvalue weighted by Crippen LogP contribution is 2.21. The third-order valence-corrected chi connectivity index (χ3v) is 6.97. The summed E-state index contributed by atoms with van der Waals surface area (Å²) in [6, 6.07) is 13.8. The largest absolute Gasteiger partial charge is 0.354 e. The molecule has 0 saturated heterocycles. The topological polar surface area (TPSA) is 86.8 Å². The Morgan fingerprint density at radius 2 is 1.72 bits per heavy atom. The number of aryl methyl sites for hydroxylation is 1. The predicted molar refractivity (Wildman–Crippen MR) is 136 cm³/mol. The Hall–Kier alpha value is -2.14. The molecule has 0 spiro atoms. The standard InChI is InChI=1S/C23H30IN3O4S/c1-5-14-25-23(29)18(3)26(15-19-9-7-6-8-17(19)2)22(28)16-27(32(4,30)31)21-12-10-20(24)11-13-21/h6-13,18H,5,14-16H2,1-4H3,(H,25,29)/t18-/m1/s1. The molecule has 0 heterocycles. The van der Waals surface area contributed by atoms with E-state index in [0.29, 0.717) is 12.2 Å². The third kappa shape index (κ3) is 7.19. The fraction of sp³-hybridized carbons (Fsp3) is 0.391. The lowest BCUT2D eigenvalue weighted by Crippen LogP contribution is -2.51. The van der Waals surface area contributed by atoms with Gasteiger partial charge in [-0.1, -0.05) is 31.2 Å². The van der Waals surface area contributed by atoms with E-state index in [1.807, 2.05) is 38.1 Å². The Kier molecular flexibility index (Phi) is 9.50. The molecule has 2 rings (SSSR count). The van der Waals surface area contributed by atoms with Crippen LogP contribution in [0.5, 0.6) is 0 Å². The summed E-state index contributed by atoms with van der Waals surface area (Å²) in [5.74, 6) is -0.717. The SMILES string of the molecule is CCCNC(=O)[C@@H](C)N(Cc1ccccc1C)C(=O)CN(c1ccc(I)cc1)S(C)(=O)=O. The van der Waals surface area contributed by atoms with E-state index in [4.69, 9.17) is 0 Å². The Balaban J connectivity index is 2.37. The molecule has 9 heteroatoms. The second kappa shape index (κ2) is 11.6. The average Bonchev–Trinajstić information content (AvgIpc) is 2.74. The van der Waals surface area contributed by atoms with Crippen LogP contribution in [0.15, 0.2) is 48.5 Å². The number of sulfonamides is 1. The van der Waals surface area contributed by atoms with E-state index >= 15 is 0 Å². The lowest BCUT2D eigenvalue weighted by atomic mass is 10.1. The van der Waals surface area contributed by atoms with Crippen LogP contribution in [0.4, 0.5) is 5.69 Å². The first-order chi connectivity index (χ1) is 15.0. The number of hydrogen-bond donors (Lipinski definition) is 1. The van der Waals surface area contributed by atoms with Gasteiger partial charge in [-0.05, 0) is 78.3 Å². The molecule has 174 valence electrons. The van der Waals surface area contributed by atoms with Crippen LogP contribution in [0.25, 0.3) is 0 Å². The van der Waals surface area contributed by atoms with Crippen LogP contribution in [0.3, 0.4) is 0 Å². The smallest absolute Gasteiger partial charge is 0.244 e. The van der Waals surface area contributed by atoms with Gasteiger partial charge in [-0.25, -0.2) is 8.42 Å². The lowest BCUT2D eigenvalue weighted by molar-refractivity contribution is -0.139. The average molecular weight is 571 g/mol. The zero-order valence-corrected chi connectivity index (χ0v) is 21.8. The Bertz CT molecular complexity index is 1040. The van der Waals surface area contributed by atoms with Crippen LogP contribution in [-0.4, -0.2) is 50.5 Å². The predicted octanol–water partition coefficient (Wildman–Crippen LogP) is 3.31. The summed E-state index contributed by atoms with van der Waals surface area (Å²) in [6.07, 6.45) is 1.85. The summed E-state index contributed by atoms with van der Waals surface area (Å²) in [6.45, 7) is 5.87. The summed E-state index contributed by atoms with van der Waals surface area (Å²) in [7, 11) is -3.72. The third-order valence-electron chi connectivity index (χ3n) is 5.11. The van der Waals surface area contributed by atoms with E-state index in [2.05, 4.69) is 27.9 Å². The van der Waals surface area contributed by atoms with Crippen LogP contribution in [0, 0.1) is 10.5 Å². The number of anilines is 1. The van der Waals surface area contributed by atoms with E-state index in [-0.39, 0.29) is 12.5 Å². The van der Waals surface area contributed by atoms with Crippen molar-refractivity contribution in [1.29, 1.82) is 0 Å². The van der Waals surface area contributed by atoms with Crippen molar-refractivity contribution < 1.29 is 18.0 Å². The Morgan fingerprint density at radius 3 is 2.28 bits per heavy atom. The molecule has 7 nitrogen and oxygen atoms in total. The number of nitrogens with zero attached hydrogens (tertiary/aromatic N) is 2. The van der Waals surface area contributed by atoms with E-state index in [1.54, 1.807) is 31.2 Å². The molecular formula is C23H30IN3O4S. The zero-order chi connectivity index (χ0) is 23.9. The molecule has 0 aliphatic heterocycles. The van der Waals surface area contributed by atoms with Crippen molar-refractivity contribution in [2.75, 3.05) is 23.7 Å². The molecule has 2 aromatic carbocycles. The first-order valence-corrected chi connectivity index (χ1v) is 13.3. The molecule has 0 aromatic heterocycles. The van der Waals surface area contributed by atoms with E-state index in [9.17, 15) is 18.0 Å². The molecule has 0 aliphatic rings. The molecule has 0 radical (unpaired) electrons. The first kappa shape index (κ1) is 26.1. The molecule has 2 amide bonds. The van der Waals surface area contributed by atoms with Crippen molar-refractivity contribution >= 4 is 50.1 Å². The van der Waals surface area contributed by atoms with Crippen LogP contribution in [-0.2, 0) is 26.2 Å². The highest BCUT2D eigenvalue weighted by molar-refractivity contribution is 14.1. The van der Waals surface area contributed by atoms with E-state index < -0.39 is 28.5 Å².